The number of fused-ring (bicyclic) bond motifs is 1. The molecule has 1 fully saturated rings. The number of carbonyl (C=O) groups is 2. The van der Waals surface area contributed by atoms with Gasteiger partial charge in [0.25, 0.3) is 11.8 Å². The number of halogens is 1. The van der Waals surface area contributed by atoms with E-state index in [1.54, 1.807) is 42.4 Å². The third-order valence-electron chi connectivity index (χ3n) is 6.60. The first-order chi connectivity index (χ1) is 19.0. The number of benzene rings is 1. The lowest BCUT2D eigenvalue weighted by atomic mass is 10.0. The Labute approximate surface area is 224 Å². The summed E-state index contributed by atoms with van der Waals surface area (Å²) in [6.07, 6.45) is 3.78. The topological polar surface area (TPSA) is 118 Å². The molecule has 2 aliphatic heterocycles. The van der Waals surface area contributed by atoms with Crippen LogP contribution in [0.15, 0.2) is 36.7 Å². The third-order valence-corrected chi connectivity index (χ3v) is 6.60. The number of rotatable bonds is 7. The predicted molar refractivity (Wildman–Crippen MR) is 142 cm³/mol. The number of nitrogens with one attached hydrogen (secondary N) is 3. The quantitative estimate of drug-likeness (QED) is 0.400. The van der Waals surface area contributed by atoms with E-state index < -0.39 is 5.82 Å². The minimum absolute atomic E-state index is 0.0260. The zero-order valence-corrected chi connectivity index (χ0v) is 21.6. The second-order valence-corrected chi connectivity index (χ2v) is 8.97. The van der Waals surface area contributed by atoms with Gasteiger partial charge in [-0.05, 0) is 31.0 Å². The van der Waals surface area contributed by atoms with Crippen molar-refractivity contribution in [1.82, 2.24) is 20.2 Å². The number of ether oxygens (including phenoxy) is 3. The molecule has 1 aromatic carbocycles. The molecular formula is C28H28FN5O5. The Hall–Kier alpha value is -4.56. The molecule has 10 nitrogen and oxygen atoms in total. The Morgan fingerprint density at radius 1 is 1.36 bits per heavy atom. The molecule has 0 spiro atoms. The van der Waals surface area contributed by atoms with E-state index in [0.717, 1.165) is 5.69 Å². The molecule has 3 aromatic rings. The molecule has 2 amide bonds. The number of H-pyrrole nitrogens is 1. The Kier molecular flexibility index (Phi) is 7.65. The Morgan fingerprint density at radius 3 is 3.05 bits per heavy atom. The molecule has 11 heteroatoms. The fourth-order valence-electron chi connectivity index (χ4n) is 4.78. The number of hydrogen-bond donors (Lipinski definition) is 3. The Morgan fingerprint density at radius 2 is 2.23 bits per heavy atom. The van der Waals surface area contributed by atoms with Crippen LogP contribution in [0.25, 0.3) is 11.3 Å². The standard InChI is InChI=1S/C28H28FN5O5/c1-3-5-23(35)34-12-13-38-15-17(34)16-39-22-14-30-10-8-18(22)25-26(24-20(32-25)9-11-31-28(24)36)33-21-7-4-6-19(29)27(21)37-2/h4,6-8,10,14,17,32-33H,9,11-13,15-16H2,1-2H3,(H,31,36)/t17-/m1/s1. The fraction of sp³-hybridized carbons (Fsp3) is 0.321. The van der Waals surface area contributed by atoms with Crippen molar-refractivity contribution in [3.05, 3.63) is 53.7 Å². The number of morpholine rings is 1. The molecule has 39 heavy (non-hydrogen) atoms. The van der Waals surface area contributed by atoms with Gasteiger partial charge in [-0.1, -0.05) is 12.0 Å². The number of aromatic amines is 1. The number of hydrogen-bond acceptors (Lipinski definition) is 7. The van der Waals surface area contributed by atoms with Crippen LogP contribution >= 0.6 is 0 Å². The molecule has 5 rings (SSSR count). The van der Waals surface area contributed by atoms with Crippen LogP contribution in [0.5, 0.6) is 11.5 Å². The minimum Gasteiger partial charge on any atom is -0.492 e. The highest BCUT2D eigenvalue weighted by Gasteiger charge is 2.30. The van der Waals surface area contributed by atoms with Crippen molar-refractivity contribution in [3.63, 3.8) is 0 Å². The van der Waals surface area contributed by atoms with Gasteiger partial charge in [-0.2, -0.15) is 0 Å². The second kappa shape index (κ2) is 11.4. The Bertz CT molecular complexity index is 1460. The lowest BCUT2D eigenvalue weighted by Gasteiger charge is -2.34. The molecule has 0 unspecified atom stereocenters. The number of nitrogens with zero attached hydrogens (tertiary/aromatic N) is 2. The molecule has 1 atom stereocenters. The summed E-state index contributed by atoms with van der Waals surface area (Å²) in [5.41, 5.74) is 3.20. The zero-order chi connectivity index (χ0) is 27.4. The predicted octanol–water partition coefficient (Wildman–Crippen LogP) is 2.88. The molecule has 0 saturated carbocycles. The number of aromatic nitrogens is 2. The fourth-order valence-corrected chi connectivity index (χ4v) is 4.78. The summed E-state index contributed by atoms with van der Waals surface area (Å²) in [7, 11) is 1.38. The molecule has 202 valence electrons. The van der Waals surface area contributed by atoms with Crippen LogP contribution in [0.3, 0.4) is 0 Å². The summed E-state index contributed by atoms with van der Waals surface area (Å²) in [6.45, 7) is 3.42. The van der Waals surface area contributed by atoms with Crippen LogP contribution in [0, 0.1) is 17.7 Å². The highest BCUT2D eigenvalue weighted by atomic mass is 19.1. The summed E-state index contributed by atoms with van der Waals surface area (Å²) >= 11 is 0. The maximum Gasteiger partial charge on any atom is 0.298 e. The monoisotopic (exact) mass is 533 g/mol. The van der Waals surface area contributed by atoms with E-state index in [-0.39, 0.29) is 30.2 Å². The van der Waals surface area contributed by atoms with Gasteiger partial charge < -0.3 is 34.7 Å². The van der Waals surface area contributed by atoms with Crippen LogP contribution in [-0.4, -0.2) is 72.7 Å². The molecule has 0 radical (unpaired) electrons. The van der Waals surface area contributed by atoms with Gasteiger partial charge >= 0.3 is 0 Å². The maximum atomic E-state index is 14.5. The first-order valence-electron chi connectivity index (χ1n) is 12.5. The summed E-state index contributed by atoms with van der Waals surface area (Å²) in [4.78, 5) is 34.7. The van der Waals surface area contributed by atoms with Gasteiger partial charge in [-0.3, -0.25) is 14.6 Å². The van der Waals surface area contributed by atoms with E-state index >= 15 is 0 Å². The normalized spacial score (nSPS) is 16.4. The summed E-state index contributed by atoms with van der Waals surface area (Å²) in [5, 5.41) is 6.08. The number of methoxy groups -OCH3 is 1. The van der Waals surface area contributed by atoms with Gasteiger partial charge in [0.15, 0.2) is 11.6 Å². The van der Waals surface area contributed by atoms with E-state index in [1.165, 1.54) is 13.2 Å². The molecule has 0 bridgehead atoms. The SMILES string of the molecule is CC#CC(=O)N1CCOC[C@@H]1COc1cnccc1-c1[nH]c2c(c1Nc1cccc(F)c1OC)C(=O)NCC2. The van der Waals surface area contributed by atoms with Crippen LogP contribution in [0.1, 0.15) is 23.0 Å². The average Bonchev–Trinajstić information content (AvgIpc) is 3.31. The van der Waals surface area contributed by atoms with E-state index in [1.807, 2.05) is 0 Å². The first kappa shape index (κ1) is 26.1. The van der Waals surface area contributed by atoms with Crippen molar-refractivity contribution < 1.29 is 28.2 Å². The van der Waals surface area contributed by atoms with Crippen molar-refractivity contribution in [3.8, 4) is 34.6 Å². The first-order valence-corrected chi connectivity index (χ1v) is 12.5. The van der Waals surface area contributed by atoms with Crippen molar-refractivity contribution in [2.24, 2.45) is 0 Å². The highest BCUT2D eigenvalue weighted by molar-refractivity contribution is 6.06. The van der Waals surface area contributed by atoms with Crippen molar-refractivity contribution >= 4 is 23.2 Å². The van der Waals surface area contributed by atoms with Crippen molar-refractivity contribution in [2.75, 3.05) is 45.3 Å². The van der Waals surface area contributed by atoms with Crippen molar-refractivity contribution in [2.45, 2.75) is 19.4 Å². The number of amides is 2. The van der Waals surface area contributed by atoms with Crippen LogP contribution in [0.4, 0.5) is 15.8 Å². The second-order valence-electron chi connectivity index (χ2n) is 8.97. The van der Waals surface area contributed by atoms with Gasteiger partial charge in [0.1, 0.15) is 12.4 Å². The highest BCUT2D eigenvalue weighted by Crippen LogP contribution is 2.42. The van der Waals surface area contributed by atoms with Crippen LogP contribution in [0.2, 0.25) is 0 Å². The molecule has 2 aromatic heterocycles. The van der Waals surface area contributed by atoms with Crippen LogP contribution in [-0.2, 0) is 16.0 Å². The summed E-state index contributed by atoms with van der Waals surface area (Å²) < 4.78 is 31.5. The van der Waals surface area contributed by atoms with Crippen molar-refractivity contribution in [1.29, 1.82) is 0 Å². The lowest BCUT2D eigenvalue weighted by molar-refractivity contribution is -0.134. The summed E-state index contributed by atoms with van der Waals surface area (Å²) in [5.74, 6) is 4.62. The van der Waals surface area contributed by atoms with Gasteiger partial charge in [0, 0.05) is 37.0 Å². The van der Waals surface area contributed by atoms with Gasteiger partial charge in [0.05, 0.1) is 55.2 Å². The zero-order valence-electron chi connectivity index (χ0n) is 21.6. The number of pyridine rings is 1. The molecular weight excluding hydrogens is 505 g/mol. The average molecular weight is 534 g/mol. The van der Waals surface area contributed by atoms with E-state index in [4.69, 9.17) is 14.2 Å². The smallest absolute Gasteiger partial charge is 0.298 e. The minimum atomic E-state index is -0.535. The van der Waals surface area contributed by atoms with E-state index in [0.29, 0.717) is 66.7 Å². The number of para-hydroxylation sites is 1. The van der Waals surface area contributed by atoms with Gasteiger partial charge in [0.2, 0.25) is 0 Å². The molecule has 3 N–H and O–H groups in total. The molecule has 0 aliphatic carbocycles. The number of carbonyl (C=O) groups excluding carboxylic acids is 2. The van der Waals surface area contributed by atoms with Gasteiger partial charge in [-0.15, -0.1) is 0 Å². The lowest BCUT2D eigenvalue weighted by Crippen LogP contribution is -2.51. The van der Waals surface area contributed by atoms with Gasteiger partial charge in [-0.25, -0.2) is 4.39 Å². The maximum absolute atomic E-state index is 14.5. The van der Waals surface area contributed by atoms with E-state index in [2.05, 4.69) is 32.4 Å². The molecule has 4 heterocycles. The van der Waals surface area contributed by atoms with Crippen LogP contribution < -0.4 is 20.1 Å². The van der Waals surface area contributed by atoms with E-state index in [9.17, 15) is 14.0 Å². The largest absolute Gasteiger partial charge is 0.492 e. The summed E-state index contributed by atoms with van der Waals surface area (Å²) in [6, 6.07) is 5.96. The Balaban J connectivity index is 1.51. The third kappa shape index (κ3) is 5.24. The molecule has 1 saturated heterocycles. The molecule has 2 aliphatic rings. The number of anilines is 2.